The lowest BCUT2D eigenvalue weighted by molar-refractivity contribution is -0.146. The van der Waals surface area contributed by atoms with E-state index in [4.69, 9.17) is 15.0 Å². The van der Waals surface area contributed by atoms with E-state index >= 15 is 0 Å². The first kappa shape index (κ1) is 11.9. The Hall–Kier alpha value is -1.20. The van der Waals surface area contributed by atoms with E-state index in [2.05, 4.69) is 4.98 Å². The molecule has 0 aliphatic carbocycles. The third-order valence-electron chi connectivity index (χ3n) is 1.65. The summed E-state index contributed by atoms with van der Waals surface area (Å²) in [6, 6.07) is 5.51. The van der Waals surface area contributed by atoms with Crippen LogP contribution in [0.1, 0.15) is 19.5 Å². The first-order valence-corrected chi connectivity index (χ1v) is 5.50. The molecule has 2 N–H and O–H groups in total. The maximum atomic E-state index is 5.82. The zero-order chi connectivity index (χ0) is 11.1. The molecule has 5 heteroatoms. The molecule has 15 heavy (non-hydrogen) atoms. The number of nitrogens with two attached hydrogens (primary N) is 1. The number of hydrogen-bond acceptors (Lipinski definition) is 5. The highest BCUT2D eigenvalue weighted by Gasteiger charge is 2.04. The summed E-state index contributed by atoms with van der Waals surface area (Å²) in [7, 11) is 0. The second-order valence-corrected chi connectivity index (χ2v) is 3.69. The Bertz CT molecular complexity index is 327. The Morgan fingerprint density at radius 3 is 2.93 bits per heavy atom. The van der Waals surface area contributed by atoms with Crippen LogP contribution in [0.5, 0.6) is 0 Å². The maximum Gasteiger partial charge on any atom is 0.165 e. The van der Waals surface area contributed by atoms with E-state index in [9.17, 15) is 0 Å². The monoisotopic (exact) mass is 226 g/mol. The molecule has 0 amide bonds. The molecule has 0 aliphatic heterocycles. The average Bonchev–Trinajstić information content (AvgIpc) is 2.29. The fraction of sp³-hybridized carbons (Fsp3) is 0.300. The number of rotatable bonds is 5. The Kier molecular flexibility index (Phi) is 5.00. The number of aromatic nitrogens is 1. The van der Waals surface area contributed by atoms with Gasteiger partial charge in [-0.25, -0.2) is 0 Å². The van der Waals surface area contributed by atoms with Crippen molar-refractivity contribution in [2.75, 3.05) is 5.75 Å². The van der Waals surface area contributed by atoms with Crippen LogP contribution < -0.4 is 5.73 Å². The van der Waals surface area contributed by atoms with Crippen molar-refractivity contribution in [3.63, 3.8) is 0 Å². The molecule has 0 bridgehead atoms. The molecule has 82 valence electrons. The standard InChI is InChI=1S/C10H14N2O2S/c1-3-15-14-13-8(2)10(11)9-6-4-5-7-12-9/h4-7H,3,11H2,1-2H3/b10-8-. The summed E-state index contributed by atoms with van der Waals surface area (Å²) in [5, 5.41) is 0. The molecule has 0 unspecified atom stereocenters. The summed E-state index contributed by atoms with van der Waals surface area (Å²) in [5.41, 5.74) is 6.98. The highest BCUT2D eigenvalue weighted by atomic mass is 32.2. The van der Waals surface area contributed by atoms with Crippen LogP contribution in [-0.4, -0.2) is 10.7 Å². The van der Waals surface area contributed by atoms with Gasteiger partial charge in [0.05, 0.1) is 11.4 Å². The van der Waals surface area contributed by atoms with Crippen molar-refractivity contribution >= 4 is 17.7 Å². The summed E-state index contributed by atoms with van der Waals surface area (Å²) < 4.78 is 4.84. The van der Waals surface area contributed by atoms with Crippen LogP contribution in [0.2, 0.25) is 0 Å². The van der Waals surface area contributed by atoms with E-state index < -0.39 is 0 Å². The zero-order valence-electron chi connectivity index (χ0n) is 8.77. The van der Waals surface area contributed by atoms with Gasteiger partial charge < -0.3 is 10.6 Å². The van der Waals surface area contributed by atoms with Gasteiger partial charge >= 0.3 is 0 Å². The molecule has 0 saturated heterocycles. The largest absolute Gasteiger partial charge is 0.394 e. The van der Waals surface area contributed by atoms with Crippen LogP contribution in [0.3, 0.4) is 0 Å². The molecule has 0 fully saturated rings. The van der Waals surface area contributed by atoms with Gasteiger partial charge in [-0.2, -0.15) is 0 Å². The summed E-state index contributed by atoms with van der Waals surface area (Å²) in [4.78, 5) is 9.08. The van der Waals surface area contributed by atoms with Gasteiger partial charge in [-0.1, -0.05) is 13.0 Å². The molecule has 1 heterocycles. The molecule has 0 spiro atoms. The predicted octanol–water partition coefficient (Wildman–Crippen LogP) is 2.35. The first-order chi connectivity index (χ1) is 7.25. The molecule has 4 nitrogen and oxygen atoms in total. The zero-order valence-corrected chi connectivity index (χ0v) is 9.58. The van der Waals surface area contributed by atoms with Crippen LogP contribution in [0.15, 0.2) is 30.2 Å². The Labute approximate surface area is 93.6 Å². The minimum absolute atomic E-state index is 0.479. The quantitative estimate of drug-likeness (QED) is 0.274. The summed E-state index contributed by atoms with van der Waals surface area (Å²) in [5.74, 6) is 1.33. The Morgan fingerprint density at radius 2 is 2.33 bits per heavy atom. The topological polar surface area (TPSA) is 57.4 Å². The van der Waals surface area contributed by atoms with Gasteiger partial charge in [0.15, 0.2) is 5.76 Å². The lowest BCUT2D eigenvalue weighted by atomic mass is 10.2. The van der Waals surface area contributed by atoms with E-state index in [1.807, 2.05) is 25.1 Å². The normalized spacial score (nSPS) is 12.1. The third kappa shape index (κ3) is 3.81. The van der Waals surface area contributed by atoms with Crippen molar-refractivity contribution in [3.8, 4) is 0 Å². The van der Waals surface area contributed by atoms with Crippen LogP contribution >= 0.6 is 12.0 Å². The van der Waals surface area contributed by atoms with Gasteiger partial charge in [0, 0.05) is 24.0 Å². The van der Waals surface area contributed by atoms with E-state index in [-0.39, 0.29) is 0 Å². The highest BCUT2D eigenvalue weighted by molar-refractivity contribution is 7.94. The van der Waals surface area contributed by atoms with Crippen molar-refractivity contribution < 1.29 is 9.22 Å². The van der Waals surface area contributed by atoms with Gasteiger partial charge in [0.2, 0.25) is 0 Å². The smallest absolute Gasteiger partial charge is 0.165 e. The minimum atomic E-state index is 0.479. The van der Waals surface area contributed by atoms with Crippen LogP contribution in [0.25, 0.3) is 5.70 Å². The van der Waals surface area contributed by atoms with Crippen LogP contribution in [-0.2, 0) is 9.22 Å². The minimum Gasteiger partial charge on any atom is -0.394 e. The maximum absolute atomic E-state index is 5.82. The van der Waals surface area contributed by atoms with Crippen molar-refractivity contribution in [2.45, 2.75) is 13.8 Å². The summed E-state index contributed by atoms with van der Waals surface area (Å²) in [6.45, 7) is 3.70. The van der Waals surface area contributed by atoms with Gasteiger partial charge in [0.1, 0.15) is 0 Å². The number of pyridine rings is 1. The number of nitrogens with zero attached hydrogens (tertiary/aromatic N) is 1. The average molecular weight is 226 g/mol. The van der Waals surface area contributed by atoms with E-state index in [0.717, 1.165) is 5.75 Å². The second kappa shape index (κ2) is 6.31. The van der Waals surface area contributed by atoms with E-state index in [1.54, 1.807) is 13.1 Å². The Morgan fingerprint density at radius 1 is 1.53 bits per heavy atom. The summed E-state index contributed by atoms with van der Waals surface area (Å²) in [6.07, 6.45) is 1.68. The fourth-order valence-corrected chi connectivity index (χ4v) is 1.12. The molecule has 0 aromatic carbocycles. The molecule has 1 aromatic heterocycles. The van der Waals surface area contributed by atoms with E-state index in [0.29, 0.717) is 17.2 Å². The second-order valence-electron chi connectivity index (χ2n) is 2.74. The molecule has 1 rings (SSSR count). The predicted molar refractivity (Wildman–Crippen MR) is 61.3 cm³/mol. The van der Waals surface area contributed by atoms with Crippen LogP contribution in [0.4, 0.5) is 0 Å². The molecular formula is C10H14N2O2S. The van der Waals surface area contributed by atoms with Gasteiger partial charge in [-0.05, 0) is 19.1 Å². The molecular weight excluding hydrogens is 212 g/mol. The van der Waals surface area contributed by atoms with Gasteiger partial charge in [-0.3, -0.25) is 4.98 Å². The van der Waals surface area contributed by atoms with Gasteiger partial charge in [0.25, 0.3) is 0 Å². The molecule has 0 atom stereocenters. The van der Waals surface area contributed by atoms with Crippen LogP contribution in [0, 0.1) is 0 Å². The van der Waals surface area contributed by atoms with Gasteiger partial charge in [-0.15, -0.1) is 4.33 Å². The lowest BCUT2D eigenvalue weighted by Gasteiger charge is -2.06. The van der Waals surface area contributed by atoms with E-state index in [1.165, 1.54) is 12.0 Å². The van der Waals surface area contributed by atoms with Crippen molar-refractivity contribution in [3.05, 3.63) is 35.8 Å². The number of hydrogen-bond donors (Lipinski definition) is 1. The highest BCUT2D eigenvalue weighted by Crippen LogP contribution is 2.14. The molecule has 1 aromatic rings. The third-order valence-corrected chi connectivity index (χ3v) is 2.05. The number of allylic oxidation sites excluding steroid dienone is 1. The molecule has 0 aliphatic rings. The first-order valence-electron chi connectivity index (χ1n) is 4.59. The summed E-state index contributed by atoms with van der Waals surface area (Å²) >= 11 is 1.22. The lowest BCUT2D eigenvalue weighted by Crippen LogP contribution is -2.03. The van der Waals surface area contributed by atoms with Crippen molar-refractivity contribution in [1.29, 1.82) is 0 Å². The molecule has 0 saturated carbocycles. The van der Waals surface area contributed by atoms with Crippen molar-refractivity contribution in [2.24, 2.45) is 5.73 Å². The SMILES string of the molecule is CCSOO/C(C)=C(\N)c1ccccn1. The van der Waals surface area contributed by atoms with Crippen molar-refractivity contribution in [1.82, 2.24) is 4.98 Å². The Balaban J connectivity index is 2.64. The molecule has 0 radical (unpaired) electrons. The fourth-order valence-electron chi connectivity index (χ4n) is 0.871.